The number of hydrogen-bond acceptors (Lipinski definition) is 7. The number of benzene rings is 2. The number of thiophene rings is 1. The number of carbonyl (C=O) groups is 3. The fourth-order valence-corrected chi connectivity index (χ4v) is 7.36. The lowest BCUT2D eigenvalue weighted by atomic mass is 9.61. The molecule has 3 aliphatic heterocycles. The van der Waals surface area contributed by atoms with Gasteiger partial charge in [-0.2, -0.15) is 4.90 Å². The van der Waals surface area contributed by atoms with Gasteiger partial charge in [-0.1, -0.05) is 48.5 Å². The Hall–Kier alpha value is -4.00. The number of imide groups is 3. The molecule has 4 heterocycles. The van der Waals surface area contributed by atoms with Crippen LogP contribution >= 0.6 is 11.3 Å². The van der Waals surface area contributed by atoms with E-state index >= 15 is 0 Å². The Labute approximate surface area is 236 Å². The lowest BCUT2D eigenvalue weighted by Gasteiger charge is -2.54. The number of halogens is 3. The van der Waals surface area contributed by atoms with Crippen LogP contribution in [0.25, 0.3) is 5.57 Å². The van der Waals surface area contributed by atoms with E-state index in [1.54, 1.807) is 18.2 Å². The van der Waals surface area contributed by atoms with Crippen LogP contribution in [-0.2, 0) is 22.7 Å². The molecule has 5 atom stereocenters. The highest BCUT2D eigenvalue weighted by atomic mass is 32.1. The summed E-state index contributed by atoms with van der Waals surface area (Å²) < 4.78 is 42.9. The Bertz CT molecular complexity index is 1540. The summed E-state index contributed by atoms with van der Waals surface area (Å²) >= 11 is 1.46. The summed E-state index contributed by atoms with van der Waals surface area (Å²) in [5.41, 5.74) is 8.30. The van der Waals surface area contributed by atoms with Crippen molar-refractivity contribution >= 4 is 34.8 Å². The molecule has 0 saturated carbocycles. The minimum atomic E-state index is -4.85. The van der Waals surface area contributed by atoms with Crippen LogP contribution in [0.3, 0.4) is 0 Å². The van der Waals surface area contributed by atoms with E-state index in [2.05, 4.69) is 4.74 Å². The zero-order chi connectivity index (χ0) is 29.1. The van der Waals surface area contributed by atoms with Crippen LogP contribution in [-0.4, -0.2) is 45.2 Å². The van der Waals surface area contributed by atoms with Gasteiger partial charge in [0.25, 0.3) is 0 Å². The second kappa shape index (κ2) is 10.1. The first-order valence-corrected chi connectivity index (χ1v) is 13.7. The molecule has 212 valence electrons. The number of carbonyl (C=O) groups excluding carboxylic acids is 3. The number of alkyl halides is 3. The molecule has 2 fully saturated rings. The molecule has 2 aromatic carbocycles. The highest BCUT2D eigenvalue weighted by Crippen LogP contribution is 2.59. The van der Waals surface area contributed by atoms with Gasteiger partial charge in [-0.15, -0.1) is 24.5 Å². The molecule has 41 heavy (non-hydrogen) atoms. The predicted octanol–water partition coefficient (Wildman–Crippen LogP) is 4.46. The number of aliphatic hydroxyl groups excluding tert-OH is 1. The molecule has 4 amide bonds. The van der Waals surface area contributed by atoms with E-state index in [0.717, 1.165) is 16.0 Å². The number of ether oxygens (including phenoxy) is 1. The minimum Gasteiger partial charge on any atom is -0.406 e. The summed E-state index contributed by atoms with van der Waals surface area (Å²) in [6, 6.07) is 14.4. The molecular weight excluding hydrogens is 559 g/mol. The normalized spacial score (nSPS) is 25.8. The molecule has 2 bridgehead atoms. The molecule has 1 aromatic heterocycles. The first-order valence-electron chi connectivity index (χ1n) is 12.8. The van der Waals surface area contributed by atoms with E-state index in [1.165, 1.54) is 29.5 Å². The lowest BCUT2D eigenvalue weighted by molar-refractivity contribution is -0.274. The predicted molar refractivity (Wildman–Crippen MR) is 142 cm³/mol. The van der Waals surface area contributed by atoms with Crippen molar-refractivity contribution in [1.29, 1.82) is 0 Å². The number of aliphatic hydroxyl groups is 1. The van der Waals surface area contributed by atoms with Gasteiger partial charge in [0.1, 0.15) is 5.75 Å². The van der Waals surface area contributed by atoms with Crippen molar-refractivity contribution in [2.75, 3.05) is 0 Å². The summed E-state index contributed by atoms with van der Waals surface area (Å²) in [4.78, 5) is 42.7. The number of likely N-dealkylation sites (tertiary alicyclic amines) is 1. The van der Waals surface area contributed by atoms with Gasteiger partial charge in [-0.25, -0.2) is 4.79 Å². The molecule has 4 aliphatic rings. The maximum Gasteiger partial charge on any atom is 0.573 e. The molecule has 5 unspecified atom stereocenters. The molecule has 7 rings (SSSR count). The Kier molecular flexibility index (Phi) is 6.71. The minimum absolute atomic E-state index is 0.140. The average molecular weight is 584 g/mol. The largest absolute Gasteiger partial charge is 0.573 e. The van der Waals surface area contributed by atoms with E-state index in [4.69, 9.17) is 5.73 Å². The molecule has 0 radical (unpaired) electrons. The molecule has 0 spiro atoms. The van der Waals surface area contributed by atoms with Crippen LogP contribution in [0.1, 0.15) is 27.6 Å². The molecule has 12 heteroatoms. The Morgan fingerprint density at radius 2 is 1.71 bits per heavy atom. The van der Waals surface area contributed by atoms with Gasteiger partial charge in [-0.05, 0) is 45.8 Å². The fourth-order valence-electron chi connectivity index (χ4n) is 6.47. The number of piperidine rings is 1. The molecule has 1 aliphatic carbocycles. The average Bonchev–Trinajstić information content (AvgIpc) is 3.55. The third-order valence-corrected chi connectivity index (χ3v) is 8.91. The molecule has 8 nitrogen and oxygen atoms in total. The van der Waals surface area contributed by atoms with Crippen molar-refractivity contribution in [3.05, 3.63) is 93.7 Å². The van der Waals surface area contributed by atoms with E-state index in [9.17, 15) is 32.7 Å². The first kappa shape index (κ1) is 27.2. The molecule has 3 aromatic rings. The summed E-state index contributed by atoms with van der Waals surface area (Å²) in [6.07, 6.45) is -2.94. The van der Waals surface area contributed by atoms with Crippen molar-refractivity contribution in [2.24, 2.45) is 23.5 Å². The van der Waals surface area contributed by atoms with Gasteiger partial charge in [0.05, 0.1) is 24.5 Å². The van der Waals surface area contributed by atoms with Crippen LogP contribution in [0.5, 0.6) is 5.75 Å². The van der Waals surface area contributed by atoms with Crippen LogP contribution in [0.2, 0.25) is 0 Å². The highest BCUT2D eigenvalue weighted by molar-refractivity contribution is 7.10. The summed E-state index contributed by atoms with van der Waals surface area (Å²) in [6.45, 7) is 0.00658. The zero-order valence-electron chi connectivity index (χ0n) is 21.3. The van der Waals surface area contributed by atoms with Gasteiger partial charge < -0.3 is 15.6 Å². The van der Waals surface area contributed by atoms with Crippen molar-refractivity contribution in [1.82, 2.24) is 9.80 Å². The van der Waals surface area contributed by atoms with Crippen molar-refractivity contribution in [3.63, 3.8) is 0 Å². The highest BCUT2D eigenvalue weighted by Gasteiger charge is 2.65. The molecule has 3 N–H and O–H groups in total. The maximum atomic E-state index is 13.6. The number of primary amides is 1. The summed E-state index contributed by atoms with van der Waals surface area (Å²) in [7, 11) is 0. The SMILES string of the molecule is NC(=O)N1C(=O)C2C(C1=O)C1C=C(c3ccc(CO)cc3)C2C(c2cccs2)N1Cc1cccc(OC(F)(F)F)c1. The number of fused-ring (bicyclic) bond motifs is 1. The number of urea groups is 1. The number of rotatable bonds is 6. The van der Waals surface area contributed by atoms with Gasteiger partial charge in [0.15, 0.2) is 0 Å². The van der Waals surface area contributed by atoms with Crippen LogP contribution in [0.4, 0.5) is 18.0 Å². The fraction of sp³-hybridized carbons (Fsp3) is 0.276. The van der Waals surface area contributed by atoms with Gasteiger partial charge in [0, 0.05) is 23.4 Å². The van der Waals surface area contributed by atoms with E-state index in [1.807, 2.05) is 40.6 Å². The van der Waals surface area contributed by atoms with Crippen molar-refractivity contribution in [2.45, 2.75) is 31.6 Å². The van der Waals surface area contributed by atoms with Crippen LogP contribution < -0.4 is 10.5 Å². The Balaban J connectivity index is 1.48. The smallest absolute Gasteiger partial charge is 0.406 e. The maximum absolute atomic E-state index is 13.6. The first-order chi connectivity index (χ1) is 19.6. The second-order valence-corrected chi connectivity index (χ2v) is 11.2. The van der Waals surface area contributed by atoms with E-state index in [0.29, 0.717) is 16.0 Å². The quantitative estimate of drug-likeness (QED) is 0.415. The third-order valence-electron chi connectivity index (χ3n) is 7.96. The summed E-state index contributed by atoms with van der Waals surface area (Å²) in [5, 5.41) is 11.4. The topological polar surface area (TPSA) is 113 Å². The molecule has 2 saturated heterocycles. The van der Waals surface area contributed by atoms with Gasteiger partial charge in [-0.3, -0.25) is 14.5 Å². The van der Waals surface area contributed by atoms with Crippen molar-refractivity contribution in [3.8, 4) is 5.75 Å². The monoisotopic (exact) mass is 583 g/mol. The van der Waals surface area contributed by atoms with Crippen molar-refractivity contribution < 1.29 is 37.4 Å². The van der Waals surface area contributed by atoms with Gasteiger partial charge in [0.2, 0.25) is 11.8 Å². The van der Waals surface area contributed by atoms with E-state index in [-0.39, 0.29) is 18.9 Å². The Morgan fingerprint density at radius 3 is 2.34 bits per heavy atom. The van der Waals surface area contributed by atoms with Crippen LogP contribution in [0.15, 0.2) is 72.1 Å². The Morgan fingerprint density at radius 1 is 0.976 bits per heavy atom. The third kappa shape index (κ3) is 4.71. The van der Waals surface area contributed by atoms with Gasteiger partial charge >= 0.3 is 12.4 Å². The number of nitrogens with zero attached hydrogens (tertiary/aromatic N) is 2. The number of amides is 4. The second-order valence-electron chi connectivity index (χ2n) is 10.2. The number of nitrogens with two attached hydrogens (primary N) is 1. The number of hydrogen-bond donors (Lipinski definition) is 2. The standard InChI is InChI=1S/C29H24F3N3O5S/c30-29(31,32)40-18-4-1-3-16(11-18)13-34-20-12-19(17-8-6-15(14-36)7-9-17)22(25(34)21-5-2-10-41-21)24-23(20)26(37)35(27(24)38)28(33)39/h1-12,20,22-25,36H,13-14H2,(H2,33,39). The molecular formula is C29H24F3N3O5S. The summed E-state index contributed by atoms with van der Waals surface area (Å²) in [5.74, 6) is -4.03. The van der Waals surface area contributed by atoms with Crippen LogP contribution in [0, 0.1) is 17.8 Å². The lowest BCUT2D eigenvalue weighted by Crippen LogP contribution is -2.58. The van der Waals surface area contributed by atoms with E-state index < -0.39 is 54.0 Å². The zero-order valence-corrected chi connectivity index (χ0v) is 22.1.